The molecule has 1 amide bonds. The first-order chi connectivity index (χ1) is 17.1. The van der Waals surface area contributed by atoms with Gasteiger partial charge in [0, 0.05) is 5.54 Å². The van der Waals surface area contributed by atoms with E-state index in [4.69, 9.17) is 5.73 Å². The highest BCUT2D eigenvalue weighted by Crippen LogP contribution is 2.55. The maximum absolute atomic E-state index is 13.6. The molecule has 10 nitrogen and oxygen atoms in total. The van der Waals surface area contributed by atoms with Crippen molar-refractivity contribution in [3.05, 3.63) is 29.8 Å². The van der Waals surface area contributed by atoms with E-state index in [0.29, 0.717) is 42.7 Å². The molecule has 0 aliphatic heterocycles. The first kappa shape index (κ1) is 26.8. The van der Waals surface area contributed by atoms with Gasteiger partial charge in [0.1, 0.15) is 17.8 Å². The number of phenols is 1. The third-order valence-corrected chi connectivity index (χ3v) is 9.15. The molecule has 4 fully saturated rings. The maximum Gasteiger partial charge on any atom is 0.321 e. The van der Waals surface area contributed by atoms with Crippen LogP contribution in [0.1, 0.15) is 63.4 Å². The lowest BCUT2D eigenvalue weighted by atomic mass is 9.53. The Kier molecular flexibility index (Phi) is 8.23. The fourth-order valence-electron chi connectivity index (χ4n) is 6.80. The average Bonchev–Trinajstić information content (AvgIpc) is 2.78. The van der Waals surface area contributed by atoms with Gasteiger partial charge in [-0.25, -0.2) is 0 Å². The molecular formula is C25H38N4O6S. The van der Waals surface area contributed by atoms with E-state index >= 15 is 0 Å². The normalized spacial score (nSPS) is 28.5. The van der Waals surface area contributed by atoms with E-state index in [-0.39, 0.29) is 24.1 Å². The van der Waals surface area contributed by atoms with Gasteiger partial charge in [0.25, 0.3) is 10.2 Å². The molecule has 4 aliphatic carbocycles. The van der Waals surface area contributed by atoms with E-state index in [2.05, 4.69) is 14.8 Å². The minimum Gasteiger partial charge on any atom is -0.508 e. The highest BCUT2D eigenvalue weighted by atomic mass is 32.2. The third-order valence-electron chi connectivity index (χ3n) is 7.96. The van der Waals surface area contributed by atoms with Gasteiger partial charge in [0.2, 0.25) is 5.91 Å². The van der Waals surface area contributed by atoms with Gasteiger partial charge < -0.3 is 21.3 Å². The van der Waals surface area contributed by atoms with Gasteiger partial charge in [0.15, 0.2) is 0 Å². The van der Waals surface area contributed by atoms with Crippen LogP contribution in [-0.4, -0.2) is 54.7 Å². The molecule has 4 saturated carbocycles. The van der Waals surface area contributed by atoms with Crippen LogP contribution >= 0.6 is 0 Å². The summed E-state index contributed by atoms with van der Waals surface area (Å²) in [7, 11) is -4.32. The average molecular weight is 523 g/mol. The number of nitrogens with two attached hydrogens (primary N) is 1. The number of amides is 1. The van der Waals surface area contributed by atoms with Crippen LogP contribution in [0.5, 0.6) is 5.75 Å². The molecule has 1 aromatic carbocycles. The van der Waals surface area contributed by atoms with Crippen molar-refractivity contribution in [2.45, 2.75) is 81.8 Å². The van der Waals surface area contributed by atoms with Crippen LogP contribution in [0.15, 0.2) is 24.3 Å². The van der Waals surface area contributed by atoms with Crippen molar-refractivity contribution in [2.75, 3.05) is 6.54 Å². The number of nitrogens with one attached hydrogen (secondary N) is 3. The maximum atomic E-state index is 13.6. The van der Waals surface area contributed by atoms with E-state index in [0.717, 1.165) is 19.3 Å². The molecule has 7 N–H and O–H groups in total. The molecule has 0 spiro atoms. The van der Waals surface area contributed by atoms with Gasteiger partial charge in [0.05, 0.1) is 0 Å². The number of aliphatic carboxylic acids is 1. The topological polar surface area (TPSA) is 171 Å². The highest BCUT2D eigenvalue weighted by molar-refractivity contribution is 7.87. The van der Waals surface area contributed by atoms with E-state index in [1.807, 2.05) is 0 Å². The van der Waals surface area contributed by atoms with Crippen LogP contribution in [-0.2, 0) is 26.2 Å². The molecule has 0 saturated heterocycles. The number of hydrogen-bond acceptors (Lipinski definition) is 6. The summed E-state index contributed by atoms with van der Waals surface area (Å²) in [6.07, 6.45) is 7.59. The number of benzene rings is 1. The van der Waals surface area contributed by atoms with Crippen molar-refractivity contribution < 1.29 is 28.2 Å². The summed E-state index contributed by atoms with van der Waals surface area (Å²) >= 11 is 0. The van der Waals surface area contributed by atoms with Crippen molar-refractivity contribution in [2.24, 2.45) is 23.5 Å². The second-order valence-electron chi connectivity index (χ2n) is 11.0. The molecule has 0 unspecified atom stereocenters. The molecule has 4 aliphatic rings. The Bertz CT molecular complexity index is 1010. The smallest absolute Gasteiger partial charge is 0.321 e. The van der Waals surface area contributed by atoms with Crippen molar-refractivity contribution in [3.8, 4) is 5.75 Å². The highest BCUT2D eigenvalue weighted by Gasteiger charge is 2.52. The summed E-state index contributed by atoms with van der Waals surface area (Å²) in [5.74, 6) is 0.189. The number of carbonyl (C=O) groups is 2. The van der Waals surface area contributed by atoms with Crippen LogP contribution in [0.4, 0.5) is 0 Å². The van der Waals surface area contributed by atoms with E-state index < -0.39 is 34.2 Å². The lowest BCUT2D eigenvalue weighted by Crippen LogP contribution is -2.63. The Morgan fingerprint density at radius 3 is 2.06 bits per heavy atom. The molecule has 200 valence electrons. The van der Waals surface area contributed by atoms with Crippen LogP contribution in [0.3, 0.4) is 0 Å². The van der Waals surface area contributed by atoms with Crippen molar-refractivity contribution in [1.29, 1.82) is 0 Å². The van der Waals surface area contributed by atoms with Crippen molar-refractivity contribution in [1.82, 2.24) is 14.8 Å². The van der Waals surface area contributed by atoms with Crippen LogP contribution in [0.25, 0.3) is 0 Å². The van der Waals surface area contributed by atoms with Gasteiger partial charge in [-0.2, -0.15) is 17.9 Å². The summed E-state index contributed by atoms with van der Waals surface area (Å²) in [5.41, 5.74) is 5.83. The largest absolute Gasteiger partial charge is 0.508 e. The molecule has 0 heterocycles. The fourth-order valence-corrected chi connectivity index (χ4v) is 8.03. The number of carbonyl (C=O) groups excluding carboxylic acids is 1. The zero-order chi connectivity index (χ0) is 25.9. The standard InChI is InChI=1S/C25H38N4O6S/c26-8-2-1-3-21(24(32)33)28-36(34,35)29-22(12-16-4-6-20(30)7-5-16)23(31)27-25-13-17-9-18(14-25)11-19(10-17)15-25/h4-7,17-19,21-22,28-30H,1-3,8-15,26H2,(H,27,31)(H,32,33)/t17?,18?,19?,21-,22-,25?/m0/s1. The predicted molar refractivity (Wildman–Crippen MR) is 134 cm³/mol. The Labute approximate surface area is 212 Å². The quantitative estimate of drug-likeness (QED) is 0.213. The Morgan fingerprint density at radius 1 is 0.972 bits per heavy atom. The summed E-state index contributed by atoms with van der Waals surface area (Å²) in [4.78, 5) is 25.2. The summed E-state index contributed by atoms with van der Waals surface area (Å²) in [6.45, 7) is 0.385. The molecule has 1 aromatic rings. The summed E-state index contributed by atoms with van der Waals surface area (Å²) < 4.78 is 30.5. The lowest BCUT2D eigenvalue weighted by Gasteiger charge is -2.57. The zero-order valence-corrected chi connectivity index (χ0v) is 21.3. The third kappa shape index (κ3) is 6.76. The summed E-state index contributed by atoms with van der Waals surface area (Å²) in [6, 6.07) is 3.76. The fraction of sp³-hybridized carbons (Fsp3) is 0.680. The molecule has 0 radical (unpaired) electrons. The number of aromatic hydroxyl groups is 1. The first-order valence-electron chi connectivity index (χ1n) is 12.9. The number of hydrogen-bond donors (Lipinski definition) is 6. The SMILES string of the molecule is NCCCC[C@H](NS(=O)(=O)N[C@@H](Cc1ccc(O)cc1)C(=O)NC12CC3CC(CC(C3)C1)C2)C(=O)O. The van der Waals surface area contributed by atoms with Gasteiger partial charge in [-0.05, 0) is 99.8 Å². The summed E-state index contributed by atoms with van der Waals surface area (Å²) in [5, 5.41) is 22.3. The van der Waals surface area contributed by atoms with Gasteiger partial charge in [-0.15, -0.1) is 0 Å². The second-order valence-corrected chi connectivity index (χ2v) is 12.5. The van der Waals surface area contributed by atoms with Crippen LogP contribution in [0, 0.1) is 17.8 Å². The number of carboxylic acid groups (broad SMARTS) is 1. The van der Waals surface area contributed by atoms with Crippen molar-refractivity contribution in [3.63, 3.8) is 0 Å². The number of phenolic OH excluding ortho intramolecular Hbond substituents is 1. The molecule has 11 heteroatoms. The minimum atomic E-state index is -4.32. The second kappa shape index (κ2) is 11.0. The number of rotatable bonds is 13. The van der Waals surface area contributed by atoms with E-state index in [1.165, 1.54) is 31.4 Å². The Hall–Kier alpha value is -2.21. The van der Waals surface area contributed by atoms with Crippen molar-refractivity contribution >= 4 is 22.1 Å². The Balaban J connectivity index is 1.49. The molecule has 36 heavy (non-hydrogen) atoms. The lowest BCUT2D eigenvalue weighted by molar-refractivity contribution is -0.139. The predicted octanol–water partition coefficient (Wildman–Crippen LogP) is 1.39. The molecule has 2 atom stereocenters. The molecule has 0 aromatic heterocycles. The zero-order valence-electron chi connectivity index (χ0n) is 20.5. The minimum absolute atomic E-state index is 0.0598. The van der Waals surface area contributed by atoms with Crippen LogP contribution < -0.4 is 20.5 Å². The van der Waals surface area contributed by atoms with E-state index in [1.54, 1.807) is 12.1 Å². The van der Waals surface area contributed by atoms with Gasteiger partial charge >= 0.3 is 5.97 Å². The Morgan fingerprint density at radius 2 is 1.53 bits per heavy atom. The molecular weight excluding hydrogens is 484 g/mol. The van der Waals surface area contributed by atoms with Gasteiger partial charge in [-0.3, -0.25) is 9.59 Å². The number of unbranched alkanes of at least 4 members (excludes halogenated alkanes) is 1. The molecule has 5 rings (SSSR count). The molecule has 4 bridgehead atoms. The van der Waals surface area contributed by atoms with E-state index in [9.17, 15) is 28.2 Å². The van der Waals surface area contributed by atoms with Gasteiger partial charge in [-0.1, -0.05) is 18.6 Å². The first-order valence-corrected chi connectivity index (χ1v) is 14.4. The number of carboxylic acids is 1. The van der Waals surface area contributed by atoms with Crippen LogP contribution in [0.2, 0.25) is 0 Å². The monoisotopic (exact) mass is 522 g/mol.